The third-order valence-corrected chi connectivity index (χ3v) is 3.62. The summed E-state index contributed by atoms with van der Waals surface area (Å²) in [6, 6.07) is 5.07. The van der Waals surface area contributed by atoms with Gasteiger partial charge in [-0.05, 0) is 31.0 Å². The molecule has 2 rings (SSSR count). The normalized spacial score (nSPS) is 10.5. The van der Waals surface area contributed by atoms with E-state index in [2.05, 4.69) is 17.2 Å². The Morgan fingerprint density at radius 1 is 1.41 bits per heavy atom. The molecule has 1 aromatic heterocycles. The van der Waals surface area contributed by atoms with E-state index in [1.54, 1.807) is 17.4 Å². The maximum atomic E-state index is 13.5. The molecular weight excluding hydrogens is 235 g/mol. The Kier molecular flexibility index (Phi) is 3.74. The van der Waals surface area contributed by atoms with Crippen LogP contribution in [0.1, 0.15) is 22.4 Å². The summed E-state index contributed by atoms with van der Waals surface area (Å²) in [6.07, 6.45) is 2.80. The van der Waals surface area contributed by atoms with Gasteiger partial charge in [-0.1, -0.05) is 13.0 Å². The van der Waals surface area contributed by atoms with Gasteiger partial charge >= 0.3 is 0 Å². The lowest BCUT2D eigenvalue weighted by Crippen LogP contribution is -2.00. The summed E-state index contributed by atoms with van der Waals surface area (Å²) in [5.41, 5.74) is 1.60. The van der Waals surface area contributed by atoms with Crippen LogP contribution in [0.5, 0.6) is 0 Å². The summed E-state index contributed by atoms with van der Waals surface area (Å²) in [6.45, 7) is 4.65. The monoisotopic (exact) mass is 250 g/mol. The number of aromatic nitrogens is 1. The molecule has 0 bridgehead atoms. The maximum absolute atomic E-state index is 13.5. The lowest BCUT2D eigenvalue weighted by Gasteiger charge is -2.06. The maximum Gasteiger partial charge on any atom is 0.146 e. The molecule has 0 amide bonds. The quantitative estimate of drug-likeness (QED) is 0.893. The molecule has 0 fully saturated rings. The topological polar surface area (TPSA) is 24.9 Å². The Morgan fingerprint density at radius 3 is 2.94 bits per heavy atom. The van der Waals surface area contributed by atoms with Crippen LogP contribution in [0.2, 0.25) is 0 Å². The molecule has 0 aliphatic rings. The van der Waals surface area contributed by atoms with Crippen LogP contribution >= 0.6 is 11.3 Å². The molecule has 1 N–H and O–H groups in total. The van der Waals surface area contributed by atoms with Crippen LogP contribution in [-0.2, 0) is 13.0 Å². The van der Waals surface area contributed by atoms with E-state index in [1.807, 2.05) is 19.2 Å². The molecule has 4 heteroatoms. The Hall–Kier alpha value is -1.42. The molecule has 0 aliphatic heterocycles. The minimum Gasteiger partial charge on any atom is -0.378 e. The van der Waals surface area contributed by atoms with Crippen LogP contribution in [-0.4, -0.2) is 4.98 Å². The standard InChI is InChI=1S/C13H15FN2S/c1-3-13-16-8-10(17-13)7-15-12-6-9(2)4-5-11(12)14/h4-6,8,15H,3,7H2,1-2H3. The molecule has 1 aromatic carbocycles. The first-order chi connectivity index (χ1) is 8.19. The summed E-state index contributed by atoms with van der Waals surface area (Å²) in [7, 11) is 0. The molecular formula is C13H15FN2S. The van der Waals surface area contributed by atoms with Gasteiger partial charge in [0.25, 0.3) is 0 Å². The number of hydrogen-bond acceptors (Lipinski definition) is 3. The first-order valence-corrected chi connectivity index (χ1v) is 6.44. The Bertz CT molecular complexity index is 508. The first kappa shape index (κ1) is 12.0. The van der Waals surface area contributed by atoms with Crippen LogP contribution in [0.15, 0.2) is 24.4 Å². The van der Waals surface area contributed by atoms with Crippen molar-refractivity contribution in [2.24, 2.45) is 0 Å². The van der Waals surface area contributed by atoms with Crippen LogP contribution in [0, 0.1) is 12.7 Å². The van der Waals surface area contributed by atoms with Gasteiger partial charge < -0.3 is 5.32 Å². The number of aryl methyl sites for hydroxylation is 2. The van der Waals surface area contributed by atoms with Crippen molar-refractivity contribution in [3.63, 3.8) is 0 Å². The summed E-state index contributed by atoms with van der Waals surface area (Å²) in [4.78, 5) is 5.40. The number of hydrogen-bond donors (Lipinski definition) is 1. The fourth-order valence-electron chi connectivity index (χ4n) is 1.55. The van der Waals surface area contributed by atoms with Crippen molar-refractivity contribution in [2.45, 2.75) is 26.8 Å². The Labute approximate surface area is 105 Å². The predicted molar refractivity (Wildman–Crippen MR) is 70.0 cm³/mol. The van der Waals surface area contributed by atoms with Crippen LogP contribution in [0.25, 0.3) is 0 Å². The number of halogens is 1. The van der Waals surface area contributed by atoms with E-state index < -0.39 is 0 Å². The van der Waals surface area contributed by atoms with Gasteiger partial charge in [-0.25, -0.2) is 9.37 Å². The van der Waals surface area contributed by atoms with Gasteiger partial charge in [0.05, 0.1) is 17.2 Å². The van der Waals surface area contributed by atoms with Crippen molar-refractivity contribution < 1.29 is 4.39 Å². The number of benzene rings is 1. The van der Waals surface area contributed by atoms with Crippen LogP contribution in [0.3, 0.4) is 0 Å². The van der Waals surface area contributed by atoms with E-state index in [4.69, 9.17) is 0 Å². The summed E-state index contributed by atoms with van der Waals surface area (Å²) in [5, 5.41) is 4.22. The van der Waals surface area contributed by atoms with Crippen molar-refractivity contribution in [1.29, 1.82) is 0 Å². The third kappa shape index (κ3) is 3.03. The smallest absolute Gasteiger partial charge is 0.146 e. The molecule has 0 radical (unpaired) electrons. The second-order valence-corrected chi connectivity index (χ2v) is 5.11. The van der Waals surface area contributed by atoms with E-state index in [1.165, 1.54) is 6.07 Å². The lowest BCUT2D eigenvalue weighted by molar-refractivity contribution is 0.630. The van der Waals surface area contributed by atoms with Crippen molar-refractivity contribution in [1.82, 2.24) is 4.98 Å². The average Bonchev–Trinajstić information content (AvgIpc) is 2.78. The van der Waals surface area contributed by atoms with E-state index >= 15 is 0 Å². The molecule has 17 heavy (non-hydrogen) atoms. The number of nitrogens with zero attached hydrogens (tertiary/aromatic N) is 1. The van der Waals surface area contributed by atoms with Gasteiger partial charge in [0, 0.05) is 11.1 Å². The van der Waals surface area contributed by atoms with Crippen molar-refractivity contribution in [3.05, 3.63) is 45.7 Å². The number of thiazole rings is 1. The molecule has 2 aromatic rings. The highest BCUT2D eigenvalue weighted by Crippen LogP contribution is 2.19. The van der Waals surface area contributed by atoms with Crippen molar-refractivity contribution >= 4 is 17.0 Å². The molecule has 0 unspecified atom stereocenters. The largest absolute Gasteiger partial charge is 0.378 e. The molecule has 90 valence electrons. The highest BCUT2D eigenvalue weighted by Gasteiger charge is 2.04. The molecule has 0 spiro atoms. The number of nitrogens with one attached hydrogen (secondary N) is 1. The molecule has 1 heterocycles. The number of anilines is 1. The van der Waals surface area contributed by atoms with E-state index in [9.17, 15) is 4.39 Å². The second kappa shape index (κ2) is 5.27. The van der Waals surface area contributed by atoms with Gasteiger partial charge in [-0.3, -0.25) is 0 Å². The van der Waals surface area contributed by atoms with E-state index in [-0.39, 0.29) is 5.82 Å². The van der Waals surface area contributed by atoms with Crippen LogP contribution in [0.4, 0.5) is 10.1 Å². The van der Waals surface area contributed by atoms with Gasteiger partial charge in [0.1, 0.15) is 5.82 Å². The second-order valence-electron chi connectivity index (χ2n) is 3.91. The molecule has 0 aliphatic carbocycles. The highest BCUT2D eigenvalue weighted by molar-refractivity contribution is 7.11. The summed E-state index contributed by atoms with van der Waals surface area (Å²) < 4.78 is 13.5. The minimum atomic E-state index is -0.212. The van der Waals surface area contributed by atoms with E-state index in [0.717, 1.165) is 21.9 Å². The summed E-state index contributed by atoms with van der Waals surface area (Å²) >= 11 is 1.67. The Balaban J connectivity index is 2.04. The zero-order chi connectivity index (χ0) is 12.3. The fourth-order valence-corrected chi connectivity index (χ4v) is 2.35. The third-order valence-electron chi connectivity index (χ3n) is 2.48. The average molecular weight is 250 g/mol. The molecule has 0 saturated carbocycles. The molecule has 2 nitrogen and oxygen atoms in total. The van der Waals surface area contributed by atoms with Crippen LogP contribution < -0.4 is 5.32 Å². The highest BCUT2D eigenvalue weighted by atomic mass is 32.1. The van der Waals surface area contributed by atoms with Gasteiger partial charge in [0.15, 0.2) is 0 Å². The Morgan fingerprint density at radius 2 is 2.24 bits per heavy atom. The lowest BCUT2D eigenvalue weighted by atomic mass is 10.2. The fraction of sp³-hybridized carbons (Fsp3) is 0.308. The van der Waals surface area contributed by atoms with Gasteiger partial charge in [-0.2, -0.15) is 0 Å². The zero-order valence-electron chi connectivity index (χ0n) is 9.96. The van der Waals surface area contributed by atoms with Crippen molar-refractivity contribution in [3.8, 4) is 0 Å². The van der Waals surface area contributed by atoms with E-state index in [0.29, 0.717) is 12.2 Å². The summed E-state index contributed by atoms with van der Waals surface area (Å²) in [5.74, 6) is -0.212. The predicted octanol–water partition coefficient (Wildman–Crippen LogP) is 3.77. The SMILES string of the molecule is CCc1ncc(CNc2cc(C)ccc2F)s1. The van der Waals surface area contributed by atoms with Gasteiger partial charge in [0.2, 0.25) is 0 Å². The molecule has 0 saturated heterocycles. The molecule has 0 atom stereocenters. The minimum absolute atomic E-state index is 0.212. The van der Waals surface area contributed by atoms with Crippen molar-refractivity contribution in [2.75, 3.05) is 5.32 Å². The first-order valence-electron chi connectivity index (χ1n) is 5.62. The zero-order valence-corrected chi connectivity index (χ0v) is 10.8. The number of rotatable bonds is 4. The van der Waals surface area contributed by atoms with Gasteiger partial charge in [-0.15, -0.1) is 11.3 Å².